The first kappa shape index (κ1) is 18.5. The van der Waals surface area contributed by atoms with Crippen molar-refractivity contribution in [3.63, 3.8) is 0 Å². The number of carbonyl (C=O) groups excluding carboxylic acids is 1. The number of fused-ring (bicyclic) bond motifs is 1. The second kappa shape index (κ2) is 6.76. The minimum absolute atomic E-state index is 0.0817. The van der Waals surface area contributed by atoms with Gasteiger partial charge < -0.3 is 5.32 Å². The molecule has 1 aliphatic rings. The van der Waals surface area contributed by atoms with Gasteiger partial charge in [0.15, 0.2) is 0 Å². The Kier molecular flexibility index (Phi) is 4.80. The van der Waals surface area contributed by atoms with Gasteiger partial charge in [-0.05, 0) is 53.3 Å². The third-order valence-corrected chi connectivity index (χ3v) is 6.08. The highest BCUT2D eigenvalue weighted by molar-refractivity contribution is 7.92. The fraction of sp³-hybridized carbons (Fsp3) is 0.350. The quantitative estimate of drug-likeness (QED) is 0.821. The summed E-state index contributed by atoms with van der Waals surface area (Å²) in [5.74, 6) is 0.0633. The molecule has 0 radical (unpaired) electrons. The van der Waals surface area contributed by atoms with Crippen molar-refractivity contribution in [1.29, 1.82) is 0 Å². The molecule has 1 atom stereocenters. The van der Waals surface area contributed by atoms with E-state index in [9.17, 15) is 13.2 Å². The van der Waals surface area contributed by atoms with E-state index in [1.165, 1.54) is 6.07 Å². The number of hydrogen-bond acceptors (Lipinski definition) is 3. The van der Waals surface area contributed by atoms with E-state index in [1.807, 2.05) is 26.0 Å². The zero-order valence-corrected chi connectivity index (χ0v) is 16.2. The monoisotopic (exact) mass is 372 g/mol. The van der Waals surface area contributed by atoms with Crippen LogP contribution >= 0.6 is 0 Å². The smallest absolute Gasteiger partial charge is 0.261 e. The van der Waals surface area contributed by atoms with Crippen molar-refractivity contribution in [2.75, 3.05) is 10.0 Å². The molecule has 0 aliphatic carbocycles. The number of nitrogens with one attached hydrogen (secondary N) is 2. The largest absolute Gasteiger partial charge is 0.325 e. The molecule has 2 aromatic carbocycles. The van der Waals surface area contributed by atoms with Crippen LogP contribution < -0.4 is 10.0 Å². The maximum absolute atomic E-state index is 12.8. The van der Waals surface area contributed by atoms with E-state index in [-0.39, 0.29) is 22.6 Å². The van der Waals surface area contributed by atoms with Crippen LogP contribution in [0, 0.1) is 5.92 Å². The normalized spacial score (nSPS) is 16.7. The van der Waals surface area contributed by atoms with Gasteiger partial charge in [-0.25, -0.2) is 8.42 Å². The average Bonchev–Trinajstić information content (AvgIpc) is 2.89. The van der Waals surface area contributed by atoms with Gasteiger partial charge in [0, 0.05) is 11.4 Å². The van der Waals surface area contributed by atoms with Gasteiger partial charge in [0.05, 0.1) is 10.8 Å². The van der Waals surface area contributed by atoms with Crippen LogP contribution in [0.25, 0.3) is 0 Å². The highest BCUT2D eigenvalue weighted by Gasteiger charge is 2.34. The molecular weight excluding hydrogens is 348 g/mol. The molecule has 0 spiro atoms. The molecule has 0 saturated heterocycles. The molecule has 5 nitrogen and oxygen atoms in total. The van der Waals surface area contributed by atoms with Crippen molar-refractivity contribution >= 4 is 27.3 Å². The van der Waals surface area contributed by atoms with Gasteiger partial charge in [0.2, 0.25) is 5.91 Å². The lowest BCUT2D eigenvalue weighted by Gasteiger charge is -2.14. The van der Waals surface area contributed by atoms with Gasteiger partial charge in [-0.2, -0.15) is 0 Å². The molecule has 0 saturated carbocycles. The van der Waals surface area contributed by atoms with Crippen LogP contribution in [0.4, 0.5) is 11.4 Å². The van der Waals surface area contributed by atoms with Gasteiger partial charge in [0.1, 0.15) is 0 Å². The summed E-state index contributed by atoms with van der Waals surface area (Å²) in [5, 5.41) is 2.82. The van der Waals surface area contributed by atoms with Gasteiger partial charge in [-0.3, -0.25) is 9.52 Å². The van der Waals surface area contributed by atoms with Gasteiger partial charge in [0.25, 0.3) is 10.0 Å². The van der Waals surface area contributed by atoms with Crippen molar-refractivity contribution in [2.45, 2.75) is 44.4 Å². The molecule has 2 N–H and O–H groups in total. The second-order valence-corrected chi connectivity index (χ2v) is 9.02. The Morgan fingerprint density at radius 3 is 2.23 bits per heavy atom. The molecule has 0 aromatic heterocycles. The molecule has 26 heavy (non-hydrogen) atoms. The maximum atomic E-state index is 12.8. The minimum atomic E-state index is -3.72. The van der Waals surface area contributed by atoms with Crippen LogP contribution in [-0.4, -0.2) is 14.3 Å². The summed E-state index contributed by atoms with van der Waals surface area (Å²) in [7, 11) is -3.72. The number of sulfonamides is 1. The third-order valence-electron chi connectivity index (χ3n) is 4.70. The lowest BCUT2D eigenvalue weighted by atomic mass is 9.90. The number of rotatable bonds is 5. The topological polar surface area (TPSA) is 75.3 Å². The van der Waals surface area contributed by atoms with Crippen molar-refractivity contribution in [3.05, 3.63) is 53.6 Å². The summed E-state index contributed by atoms with van der Waals surface area (Å²) in [6, 6.07) is 12.1. The molecule has 1 aliphatic heterocycles. The summed E-state index contributed by atoms with van der Waals surface area (Å²) < 4.78 is 28.1. The molecule has 1 heterocycles. The van der Waals surface area contributed by atoms with Crippen LogP contribution in [0.2, 0.25) is 0 Å². The van der Waals surface area contributed by atoms with E-state index in [0.29, 0.717) is 17.3 Å². The highest BCUT2D eigenvalue weighted by atomic mass is 32.2. The standard InChI is InChI=1S/C20H24N2O3S/c1-12(2)14-5-7-15(8-6-14)22-26(24,25)16-9-10-18-17(11-16)19(13(3)4)20(23)21-18/h5-13,19,22H,1-4H3,(H,21,23)/t19-/m1/s1. The van der Waals surface area contributed by atoms with E-state index < -0.39 is 10.0 Å². The van der Waals surface area contributed by atoms with Crippen LogP contribution in [-0.2, 0) is 14.8 Å². The SMILES string of the molecule is CC(C)c1ccc(NS(=O)(=O)c2ccc3c(c2)[C@@H](C(C)C)C(=O)N3)cc1. The first-order chi connectivity index (χ1) is 12.2. The van der Waals surface area contributed by atoms with E-state index in [2.05, 4.69) is 23.9 Å². The number of amides is 1. The lowest BCUT2D eigenvalue weighted by Crippen LogP contribution is -2.17. The van der Waals surface area contributed by atoms with E-state index in [0.717, 1.165) is 11.1 Å². The molecule has 0 unspecified atom stereocenters. The van der Waals surface area contributed by atoms with Gasteiger partial charge >= 0.3 is 0 Å². The van der Waals surface area contributed by atoms with E-state index >= 15 is 0 Å². The summed E-state index contributed by atoms with van der Waals surface area (Å²) in [5.41, 5.74) is 3.09. The Bertz CT molecular complexity index is 932. The predicted molar refractivity (Wildman–Crippen MR) is 104 cm³/mol. The van der Waals surface area contributed by atoms with Crippen molar-refractivity contribution in [3.8, 4) is 0 Å². The Morgan fingerprint density at radius 1 is 1.00 bits per heavy atom. The minimum Gasteiger partial charge on any atom is -0.325 e. The third kappa shape index (κ3) is 3.46. The Labute approximate surface area is 154 Å². The molecular formula is C20H24N2O3S. The highest BCUT2D eigenvalue weighted by Crippen LogP contribution is 2.38. The van der Waals surface area contributed by atoms with Crippen LogP contribution in [0.15, 0.2) is 47.4 Å². The fourth-order valence-electron chi connectivity index (χ4n) is 3.24. The average molecular weight is 372 g/mol. The number of hydrogen-bond donors (Lipinski definition) is 2. The Balaban J connectivity index is 1.90. The second-order valence-electron chi connectivity index (χ2n) is 7.34. The van der Waals surface area contributed by atoms with Crippen LogP contribution in [0.1, 0.15) is 50.7 Å². The van der Waals surface area contributed by atoms with Crippen LogP contribution in [0.5, 0.6) is 0 Å². The summed E-state index contributed by atoms with van der Waals surface area (Å²) in [6.07, 6.45) is 0. The zero-order valence-electron chi connectivity index (χ0n) is 15.4. The van der Waals surface area contributed by atoms with Gasteiger partial charge in [-0.15, -0.1) is 0 Å². The van der Waals surface area contributed by atoms with Gasteiger partial charge in [-0.1, -0.05) is 39.8 Å². The molecule has 1 amide bonds. The zero-order chi connectivity index (χ0) is 19.1. The van der Waals surface area contributed by atoms with Crippen molar-refractivity contribution in [1.82, 2.24) is 0 Å². The van der Waals surface area contributed by atoms with E-state index in [4.69, 9.17) is 0 Å². The summed E-state index contributed by atoms with van der Waals surface area (Å²) in [4.78, 5) is 12.3. The van der Waals surface area contributed by atoms with Crippen LogP contribution in [0.3, 0.4) is 0 Å². The van der Waals surface area contributed by atoms with Crippen molar-refractivity contribution in [2.24, 2.45) is 5.92 Å². The van der Waals surface area contributed by atoms with Crippen molar-refractivity contribution < 1.29 is 13.2 Å². The molecule has 0 fully saturated rings. The molecule has 2 aromatic rings. The Hall–Kier alpha value is -2.34. The number of benzene rings is 2. The Morgan fingerprint density at radius 2 is 1.65 bits per heavy atom. The van der Waals surface area contributed by atoms with E-state index in [1.54, 1.807) is 24.3 Å². The first-order valence-electron chi connectivity index (χ1n) is 8.76. The molecule has 138 valence electrons. The number of anilines is 2. The first-order valence-corrected chi connectivity index (χ1v) is 10.2. The maximum Gasteiger partial charge on any atom is 0.261 e. The predicted octanol–water partition coefficient (Wildman–Crippen LogP) is 4.30. The molecule has 0 bridgehead atoms. The summed E-state index contributed by atoms with van der Waals surface area (Å²) in [6.45, 7) is 8.08. The lowest BCUT2D eigenvalue weighted by molar-refractivity contribution is -0.117. The molecule has 6 heteroatoms. The number of carbonyl (C=O) groups is 1. The fourth-order valence-corrected chi connectivity index (χ4v) is 4.34. The molecule has 3 rings (SSSR count). The summed E-state index contributed by atoms with van der Waals surface area (Å²) >= 11 is 0.